The molecule has 44 heavy (non-hydrogen) atoms. The van der Waals surface area contributed by atoms with Gasteiger partial charge < -0.3 is 25.6 Å². The average molecular weight is 643 g/mol. The van der Waals surface area contributed by atoms with Gasteiger partial charge in [0.05, 0.1) is 17.8 Å². The highest BCUT2D eigenvalue weighted by molar-refractivity contribution is 6.41. The number of urea groups is 1. The summed E-state index contributed by atoms with van der Waals surface area (Å²) >= 11 is 13.2. The standard InChI is InChI=1S/C32H41Cl2N7O3/c1-6-23-18-25(44-5)30(34)31(29(23)33)39-32(43)41(17-11-10-16-40(8-3)9-4)27-19-26(36-21-37-27)35-20-22-12-14-24(15-13-22)38-28(42)7-2/h7,12-15,18-19,21H,2,6,8-11,16-17,20H2,1,3-5H3,(H,38,42)(H,39,43)(H,35,36,37). The van der Waals surface area contributed by atoms with Crippen molar-refractivity contribution in [2.45, 2.75) is 46.6 Å². The molecule has 0 aliphatic rings. The average Bonchev–Trinajstić information content (AvgIpc) is 3.04. The van der Waals surface area contributed by atoms with Crippen molar-refractivity contribution >= 4 is 58.2 Å². The number of rotatable bonds is 16. The third kappa shape index (κ3) is 9.57. The van der Waals surface area contributed by atoms with E-state index in [1.54, 1.807) is 17.0 Å². The van der Waals surface area contributed by atoms with Gasteiger partial charge in [-0.2, -0.15) is 0 Å². The lowest BCUT2D eigenvalue weighted by molar-refractivity contribution is -0.111. The molecule has 0 atom stereocenters. The van der Waals surface area contributed by atoms with Crippen LogP contribution in [0.4, 0.5) is 27.8 Å². The molecule has 1 aromatic heterocycles. The number of unbranched alkanes of at least 4 members (excludes halogenated alkanes) is 1. The SMILES string of the molecule is C=CC(=O)Nc1ccc(CNc2cc(N(CCCCN(CC)CC)C(=O)Nc3c(Cl)c(CC)cc(OC)c3Cl)ncn2)cc1. The molecule has 3 rings (SSSR count). The molecule has 0 saturated heterocycles. The monoisotopic (exact) mass is 641 g/mol. The molecule has 236 valence electrons. The van der Waals surface area contributed by atoms with Crippen LogP contribution >= 0.6 is 23.2 Å². The quantitative estimate of drug-likeness (QED) is 0.112. The van der Waals surface area contributed by atoms with Gasteiger partial charge in [0.25, 0.3) is 0 Å². The second kappa shape index (κ2) is 17.4. The number of anilines is 4. The van der Waals surface area contributed by atoms with E-state index in [1.807, 2.05) is 31.2 Å². The summed E-state index contributed by atoms with van der Waals surface area (Å²) < 4.78 is 5.43. The number of methoxy groups -OCH3 is 1. The summed E-state index contributed by atoms with van der Waals surface area (Å²) in [6, 6.07) is 10.5. The zero-order chi connectivity index (χ0) is 32.1. The summed E-state index contributed by atoms with van der Waals surface area (Å²) in [5.74, 6) is 1.13. The van der Waals surface area contributed by atoms with Gasteiger partial charge in [0, 0.05) is 24.8 Å². The molecule has 3 aromatic rings. The lowest BCUT2D eigenvalue weighted by Gasteiger charge is -2.25. The van der Waals surface area contributed by atoms with Crippen LogP contribution in [0.5, 0.6) is 5.75 Å². The van der Waals surface area contributed by atoms with E-state index in [2.05, 4.69) is 51.2 Å². The van der Waals surface area contributed by atoms with Gasteiger partial charge >= 0.3 is 6.03 Å². The predicted octanol–water partition coefficient (Wildman–Crippen LogP) is 7.25. The molecule has 0 aliphatic carbocycles. The minimum Gasteiger partial charge on any atom is -0.495 e. The van der Waals surface area contributed by atoms with Gasteiger partial charge in [-0.25, -0.2) is 14.8 Å². The van der Waals surface area contributed by atoms with Gasteiger partial charge in [0.2, 0.25) is 5.91 Å². The molecular formula is C32H41Cl2N7O3. The summed E-state index contributed by atoms with van der Waals surface area (Å²) in [5.41, 5.74) is 2.75. The van der Waals surface area contributed by atoms with Gasteiger partial charge in [0.1, 0.15) is 28.7 Å². The van der Waals surface area contributed by atoms with Crippen LogP contribution in [0.2, 0.25) is 10.0 Å². The molecule has 12 heteroatoms. The second-order valence-electron chi connectivity index (χ2n) is 9.92. The van der Waals surface area contributed by atoms with Gasteiger partial charge in [-0.05, 0) is 74.3 Å². The number of aromatic nitrogens is 2. The number of nitrogens with one attached hydrogen (secondary N) is 3. The lowest BCUT2D eigenvalue weighted by Crippen LogP contribution is -2.37. The Bertz CT molecular complexity index is 1390. The van der Waals surface area contributed by atoms with Crippen molar-refractivity contribution in [3.63, 3.8) is 0 Å². The summed E-state index contributed by atoms with van der Waals surface area (Å²) in [5, 5.41) is 9.52. The number of nitrogens with zero attached hydrogens (tertiary/aromatic N) is 4. The Morgan fingerprint density at radius 2 is 1.68 bits per heavy atom. The van der Waals surface area contributed by atoms with Crippen LogP contribution in [-0.4, -0.2) is 60.1 Å². The first-order valence-electron chi connectivity index (χ1n) is 14.7. The molecule has 1 heterocycles. The van der Waals surface area contributed by atoms with E-state index >= 15 is 0 Å². The van der Waals surface area contributed by atoms with E-state index in [-0.39, 0.29) is 10.9 Å². The smallest absolute Gasteiger partial charge is 0.327 e. The highest BCUT2D eigenvalue weighted by Gasteiger charge is 2.23. The Morgan fingerprint density at radius 3 is 2.32 bits per heavy atom. The largest absolute Gasteiger partial charge is 0.495 e. The molecule has 0 saturated carbocycles. The van der Waals surface area contributed by atoms with Crippen LogP contribution in [0, 0.1) is 0 Å². The highest BCUT2D eigenvalue weighted by Crippen LogP contribution is 2.41. The molecule has 0 unspecified atom stereocenters. The van der Waals surface area contributed by atoms with Crippen molar-refractivity contribution in [1.82, 2.24) is 14.9 Å². The van der Waals surface area contributed by atoms with E-state index in [0.29, 0.717) is 53.3 Å². The molecule has 0 spiro atoms. The van der Waals surface area contributed by atoms with Crippen molar-refractivity contribution in [1.29, 1.82) is 0 Å². The maximum Gasteiger partial charge on any atom is 0.327 e. The molecule has 3 amide bonds. The molecule has 0 aliphatic heterocycles. The molecule has 0 fully saturated rings. The number of aryl methyl sites for hydroxylation is 1. The number of ether oxygens (including phenoxy) is 1. The predicted molar refractivity (Wildman–Crippen MR) is 180 cm³/mol. The third-order valence-corrected chi connectivity index (χ3v) is 7.94. The molecule has 0 radical (unpaired) electrons. The zero-order valence-corrected chi connectivity index (χ0v) is 27.3. The molecule has 3 N–H and O–H groups in total. The minimum absolute atomic E-state index is 0.227. The number of hydrogen-bond acceptors (Lipinski definition) is 7. The fourth-order valence-electron chi connectivity index (χ4n) is 4.50. The topological polar surface area (TPSA) is 112 Å². The van der Waals surface area contributed by atoms with Gasteiger partial charge in [-0.15, -0.1) is 0 Å². The van der Waals surface area contributed by atoms with Crippen molar-refractivity contribution in [3.05, 3.63) is 76.6 Å². The van der Waals surface area contributed by atoms with Crippen LogP contribution in [0.1, 0.15) is 44.7 Å². The first-order chi connectivity index (χ1) is 21.2. The van der Waals surface area contributed by atoms with Gasteiger partial charge in [-0.1, -0.05) is 62.7 Å². The number of carbonyl (C=O) groups is 2. The maximum absolute atomic E-state index is 13.8. The van der Waals surface area contributed by atoms with E-state index in [9.17, 15) is 9.59 Å². The van der Waals surface area contributed by atoms with Gasteiger partial charge in [0.15, 0.2) is 0 Å². The zero-order valence-electron chi connectivity index (χ0n) is 25.8. The van der Waals surface area contributed by atoms with Crippen LogP contribution in [0.3, 0.4) is 0 Å². The van der Waals surface area contributed by atoms with E-state index in [1.165, 1.54) is 19.5 Å². The first-order valence-corrected chi connectivity index (χ1v) is 15.4. The van der Waals surface area contributed by atoms with Crippen molar-refractivity contribution in [3.8, 4) is 5.75 Å². The second-order valence-corrected chi connectivity index (χ2v) is 10.7. The lowest BCUT2D eigenvalue weighted by atomic mass is 10.1. The Kier molecular flexibility index (Phi) is 13.7. The summed E-state index contributed by atoms with van der Waals surface area (Å²) in [6.45, 7) is 13.5. The normalized spacial score (nSPS) is 10.8. The van der Waals surface area contributed by atoms with Crippen molar-refractivity contribution < 1.29 is 14.3 Å². The fourth-order valence-corrected chi connectivity index (χ4v) is 5.16. The summed E-state index contributed by atoms with van der Waals surface area (Å²) in [4.78, 5) is 38.0. The Labute approximate surface area is 269 Å². The summed E-state index contributed by atoms with van der Waals surface area (Å²) in [6.07, 6.45) is 4.94. The number of halogens is 2. The van der Waals surface area contributed by atoms with Gasteiger partial charge in [-0.3, -0.25) is 9.69 Å². The Hall–Kier alpha value is -3.86. The molecule has 10 nitrogen and oxygen atoms in total. The number of hydrogen-bond donors (Lipinski definition) is 3. The number of carbonyl (C=O) groups excluding carboxylic acids is 2. The fraction of sp³-hybridized carbons (Fsp3) is 0.375. The maximum atomic E-state index is 13.8. The number of amides is 3. The summed E-state index contributed by atoms with van der Waals surface area (Å²) in [7, 11) is 1.52. The van der Waals surface area contributed by atoms with Crippen LogP contribution in [0.15, 0.2) is 55.4 Å². The Morgan fingerprint density at radius 1 is 0.977 bits per heavy atom. The molecule has 0 bridgehead atoms. The van der Waals surface area contributed by atoms with Crippen LogP contribution in [-0.2, 0) is 17.8 Å². The van der Waals surface area contributed by atoms with Crippen LogP contribution in [0.25, 0.3) is 0 Å². The van der Waals surface area contributed by atoms with E-state index in [4.69, 9.17) is 27.9 Å². The van der Waals surface area contributed by atoms with Crippen LogP contribution < -0.4 is 25.6 Å². The van der Waals surface area contributed by atoms with Crippen molar-refractivity contribution in [2.75, 3.05) is 54.1 Å². The third-order valence-electron chi connectivity index (χ3n) is 7.13. The molecule has 2 aromatic carbocycles. The van der Waals surface area contributed by atoms with E-state index < -0.39 is 6.03 Å². The Balaban J connectivity index is 1.81. The first kappa shape index (κ1) is 34.6. The molecular weight excluding hydrogens is 601 g/mol. The minimum atomic E-state index is -0.422. The van der Waals surface area contributed by atoms with E-state index in [0.717, 1.165) is 43.6 Å². The van der Waals surface area contributed by atoms with Crippen molar-refractivity contribution in [2.24, 2.45) is 0 Å². The highest BCUT2D eigenvalue weighted by atomic mass is 35.5. The number of benzene rings is 2.